The molecule has 1 aromatic heterocycles. The van der Waals surface area contributed by atoms with Gasteiger partial charge in [-0.2, -0.15) is 13.2 Å². The van der Waals surface area contributed by atoms with Gasteiger partial charge in [0.1, 0.15) is 11.6 Å². The number of aromatic nitrogens is 2. The monoisotopic (exact) mass is 438 g/mol. The molecule has 0 saturated heterocycles. The molecule has 1 heterocycles. The first kappa shape index (κ1) is 19.4. The lowest BCUT2D eigenvalue weighted by Crippen LogP contribution is -2.12. The Hall–Kier alpha value is -2.35. The minimum Gasteiger partial charge on any atom is -0.399 e. The van der Waals surface area contributed by atoms with Crippen LogP contribution in [0, 0.1) is 13.8 Å². The second kappa shape index (κ2) is 6.99. The third-order valence-electron chi connectivity index (χ3n) is 4.25. The Kier molecular flexibility index (Phi) is 5.03. The van der Waals surface area contributed by atoms with Gasteiger partial charge in [-0.25, -0.2) is 9.97 Å². The van der Waals surface area contributed by atoms with E-state index in [9.17, 15) is 13.2 Å². The average Bonchev–Trinajstić information content (AvgIpc) is 2.55. The van der Waals surface area contributed by atoms with Crippen LogP contribution in [-0.2, 0) is 6.18 Å². The van der Waals surface area contributed by atoms with Crippen molar-refractivity contribution in [1.82, 2.24) is 9.97 Å². The number of nitrogens with two attached hydrogens (primary N) is 1. The summed E-state index contributed by atoms with van der Waals surface area (Å²) in [5.74, 6) is 1.13. The Morgan fingerprint density at radius 3 is 2.44 bits per heavy atom. The van der Waals surface area contributed by atoms with E-state index in [1.807, 2.05) is 19.1 Å². The van der Waals surface area contributed by atoms with Crippen molar-refractivity contribution in [3.05, 3.63) is 57.3 Å². The number of nitrogen functional groups attached to an aromatic ring is 1. The fraction of sp³-hybridized carbons (Fsp3) is 0.263. The van der Waals surface area contributed by atoms with Gasteiger partial charge in [0, 0.05) is 15.5 Å². The molecule has 0 aliphatic carbocycles. The molecular formula is C19H18BrF3N4. The molecule has 142 valence electrons. The molecule has 8 heteroatoms. The van der Waals surface area contributed by atoms with Crippen molar-refractivity contribution in [2.24, 2.45) is 0 Å². The molecule has 0 saturated carbocycles. The molecule has 0 aliphatic heterocycles. The molecule has 1 atom stereocenters. The van der Waals surface area contributed by atoms with Gasteiger partial charge in [0.05, 0.1) is 17.1 Å². The Morgan fingerprint density at radius 2 is 1.78 bits per heavy atom. The lowest BCUT2D eigenvalue weighted by Gasteiger charge is -2.19. The fourth-order valence-electron chi connectivity index (χ4n) is 2.86. The fourth-order valence-corrected chi connectivity index (χ4v) is 3.20. The quantitative estimate of drug-likeness (QED) is 0.508. The topological polar surface area (TPSA) is 63.8 Å². The van der Waals surface area contributed by atoms with Gasteiger partial charge in [0.2, 0.25) is 0 Å². The number of anilines is 2. The van der Waals surface area contributed by atoms with Crippen LogP contribution in [0.3, 0.4) is 0 Å². The molecule has 27 heavy (non-hydrogen) atoms. The van der Waals surface area contributed by atoms with Gasteiger partial charge in [0.25, 0.3) is 0 Å². The maximum Gasteiger partial charge on any atom is 0.416 e. The highest BCUT2D eigenvalue weighted by molar-refractivity contribution is 9.10. The molecule has 0 spiro atoms. The first-order valence-electron chi connectivity index (χ1n) is 8.23. The van der Waals surface area contributed by atoms with E-state index in [1.165, 1.54) is 6.07 Å². The standard InChI is InChI=1S/C19H18BrF3N4/c1-9-4-17-15(8-16(9)20)18(27-11(3)26-17)25-10(2)12-5-13(19(21,22)23)7-14(24)6-12/h4-8,10H,24H2,1-3H3,(H,25,26,27)/t10-/m1/s1. The third-order valence-corrected chi connectivity index (χ3v) is 5.10. The van der Waals surface area contributed by atoms with E-state index >= 15 is 0 Å². The van der Waals surface area contributed by atoms with E-state index in [2.05, 4.69) is 31.2 Å². The molecule has 4 nitrogen and oxygen atoms in total. The number of rotatable bonds is 3. The second-order valence-electron chi connectivity index (χ2n) is 6.49. The predicted molar refractivity (Wildman–Crippen MR) is 105 cm³/mol. The molecule has 0 aliphatic rings. The van der Waals surface area contributed by atoms with Crippen molar-refractivity contribution in [2.75, 3.05) is 11.1 Å². The minimum absolute atomic E-state index is 0.0653. The zero-order chi connectivity index (χ0) is 19.9. The molecule has 3 rings (SSSR count). The van der Waals surface area contributed by atoms with Gasteiger partial charge in [-0.1, -0.05) is 15.9 Å². The zero-order valence-electron chi connectivity index (χ0n) is 14.9. The molecule has 0 amide bonds. The molecule has 0 radical (unpaired) electrons. The second-order valence-corrected chi connectivity index (χ2v) is 7.34. The molecule has 0 bridgehead atoms. The van der Waals surface area contributed by atoms with Gasteiger partial charge in [-0.3, -0.25) is 0 Å². The SMILES string of the molecule is Cc1nc(N[C@H](C)c2cc(N)cc(C(F)(F)F)c2)c2cc(Br)c(C)cc2n1. The van der Waals surface area contributed by atoms with Crippen LogP contribution in [0.25, 0.3) is 10.9 Å². The summed E-state index contributed by atoms with van der Waals surface area (Å²) < 4.78 is 40.1. The lowest BCUT2D eigenvalue weighted by molar-refractivity contribution is -0.137. The largest absolute Gasteiger partial charge is 0.416 e. The average molecular weight is 439 g/mol. The summed E-state index contributed by atoms with van der Waals surface area (Å²) in [6.07, 6.45) is -4.45. The van der Waals surface area contributed by atoms with Crippen LogP contribution in [0.5, 0.6) is 0 Å². The number of hydrogen-bond donors (Lipinski definition) is 2. The van der Waals surface area contributed by atoms with Crippen molar-refractivity contribution >= 4 is 38.3 Å². The normalized spacial score (nSPS) is 13.0. The summed E-state index contributed by atoms with van der Waals surface area (Å²) in [6.45, 7) is 5.50. The number of hydrogen-bond acceptors (Lipinski definition) is 4. The van der Waals surface area contributed by atoms with Gasteiger partial charge < -0.3 is 11.1 Å². The highest BCUT2D eigenvalue weighted by Crippen LogP contribution is 2.34. The number of benzene rings is 2. The van der Waals surface area contributed by atoms with E-state index < -0.39 is 17.8 Å². The Bertz CT molecular complexity index is 1020. The highest BCUT2D eigenvalue weighted by atomic mass is 79.9. The lowest BCUT2D eigenvalue weighted by atomic mass is 10.0. The Balaban J connectivity index is 2.03. The van der Waals surface area contributed by atoms with Gasteiger partial charge >= 0.3 is 6.18 Å². The molecular weight excluding hydrogens is 421 g/mol. The van der Waals surface area contributed by atoms with Crippen molar-refractivity contribution in [3.63, 3.8) is 0 Å². The van der Waals surface area contributed by atoms with Gasteiger partial charge in [0.15, 0.2) is 0 Å². The van der Waals surface area contributed by atoms with E-state index in [1.54, 1.807) is 13.8 Å². The number of halogens is 4. The zero-order valence-corrected chi connectivity index (χ0v) is 16.5. The van der Waals surface area contributed by atoms with Crippen LogP contribution >= 0.6 is 15.9 Å². The number of nitrogens with one attached hydrogen (secondary N) is 1. The van der Waals surface area contributed by atoms with E-state index in [4.69, 9.17) is 5.73 Å². The van der Waals surface area contributed by atoms with Crippen molar-refractivity contribution in [2.45, 2.75) is 33.0 Å². The summed E-state index contributed by atoms with van der Waals surface area (Å²) in [5, 5.41) is 3.98. The molecule has 0 fully saturated rings. The first-order valence-corrected chi connectivity index (χ1v) is 9.02. The van der Waals surface area contributed by atoms with Crippen LogP contribution in [-0.4, -0.2) is 9.97 Å². The maximum atomic E-state index is 13.1. The van der Waals surface area contributed by atoms with E-state index in [-0.39, 0.29) is 5.69 Å². The Labute approximate surface area is 163 Å². The summed E-state index contributed by atoms with van der Waals surface area (Å²) in [5.41, 5.74) is 7.20. The number of alkyl halides is 3. The molecule has 2 aromatic carbocycles. The summed E-state index contributed by atoms with van der Waals surface area (Å²) >= 11 is 3.50. The summed E-state index contributed by atoms with van der Waals surface area (Å²) in [4.78, 5) is 8.87. The van der Waals surface area contributed by atoms with Gasteiger partial charge in [-0.05, 0) is 62.2 Å². The number of fused-ring (bicyclic) bond motifs is 1. The van der Waals surface area contributed by atoms with Crippen LogP contribution in [0.15, 0.2) is 34.8 Å². The summed E-state index contributed by atoms with van der Waals surface area (Å²) in [7, 11) is 0. The number of nitrogens with zero attached hydrogens (tertiary/aromatic N) is 2. The predicted octanol–water partition coefficient (Wildman–Crippen LogP) is 5.78. The van der Waals surface area contributed by atoms with Crippen LogP contribution in [0.4, 0.5) is 24.7 Å². The Morgan fingerprint density at radius 1 is 1.07 bits per heavy atom. The molecule has 3 aromatic rings. The molecule has 3 N–H and O–H groups in total. The van der Waals surface area contributed by atoms with Crippen molar-refractivity contribution < 1.29 is 13.2 Å². The molecule has 0 unspecified atom stereocenters. The van der Waals surface area contributed by atoms with E-state index in [0.717, 1.165) is 33.1 Å². The van der Waals surface area contributed by atoms with Crippen LogP contribution in [0.2, 0.25) is 0 Å². The van der Waals surface area contributed by atoms with E-state index in [0.29, 0.717) is 17.2 Å². The minimum atomic E-state index is -4.45. The van der Waals surface area contributed by atoms with Crippen molar-refractivity contribution in [3.8, 4) is 0 Å². The third kappa shape index (κ3) is 4.16. The van der Waals surface area contributed by atoms with Crippen LogP contribution < -0.4 is 11.1 Å². The summed E-state index contributed by atoms with van der Waals surface area (Å²) in [6, 6.07) is 6.96. The maximum absolute atomic E-state index is 13.1. The highest BCUT2D eigenvalue weighted by Gasteiger charge is 2.31. The first-order chi connectivity index (χ1) is 12.5. The smallest absolute Gasteiger partial charge is 0.399 e. The number of aryl methyl sites for hydroxylation is 2. The van der Waals surface area contributed by atoms with Crippen LogP contribution in [0.1, 0.15) is 35.5 Å². The van der Waals surface area contributed by atoms with Crippen molar-refractivity contribution in [1.29, 1.82) is 0 Å². The van der Waals surface area contributed by atoms with Gasteiger partial charge in [-0.15, -0.1) is 0 Å².